The summed E-state index contributed by atoms with van der Waals surface area (Å²) >= 11 is 0. The molecule has 0 amide bonds. The van der Waals surface area contributed by atoms with Crippen LogP contribution in [0.3, 0.4) is 0 Å². The number of aliphatic carboxylic acids is 1. The van der Waals surface area contributed by atoms with Gasteiger partial charge in [-0.2, -0.15) is 0 Å². The van der Waals surface area contributed by atoms with Crippen molar-refractivity contribution in [3.05, 3.63) is 0 Å². The first-order chi connectivity index (χ1) is 7.96. The van der Waals surface area contributed by atoms with Gasteiger partial charge in [-0.25, -0.2) is 4.99 Å². The molecule has 0 bridgehead atoms. The van der Waals surface area contributed by atoms with Crippen molar-refractivity contribution >= 4 is 17.6 Å². The Morgan fingerprint density at radius 3 is 2.71 bits per heavy atom. The summed E-state index contributed by atoms with van der Waals surface area (Å²) in [6.45, 7) is 5.78. The van der Waals surface area contributed by atoms with Crippen LogP contribution in [0.2, 0.25) is 0 Å². The second-order valence-corrected chi connectivity index (χ2v) is 4.31. The number of aliphatic imine (C=N–C) groups is 1. The zero-order valence-corrected chi connectivity index (χ0v) is 10.3. The molecular formula is C11H18N2O4. The predicted octanol–water partition coefficient (Wildman–Crippen LogP) is -1.41. The number of ketones is 1. The lowest BCUT2D eigenvalue weighted by Crippen LogP contribution is -2.54. The van der Waals surface area contributed by atoms with Gasteiger partial charge in [0, 0.05) is 13.8 Å². The summed E-state index contributed by atoms with van der Waals surface area (Å²) in [6, 6.07) is 0. The standard InChI is InChI=1S/C11H18N2O4/c1-9(14)7-13(4-3-12-10(13)2)5-6-17-8-11(15)16/h3-8H2,1-2H3. The van der Waals surface area contributed by atoms with Crippen molar-refractivity contribution in [2.45, 2.75) is 13.8 Å². The third-order valence-corrected chi connectivity index (χ3v) is 2.96. The number of carbonyl (C=O) groups excluding carboxylic acids is 2. The molecular weight excluding hydrogens is 224 g/mol. The molecule has 0 saturated carbocycles. The van der Waals surface area contributed by atoms with E-state index in [1.165, 1.54) is 0 Å². The Balaban J connectivity index is 2.51. The van der Waals surface area contributed by atoms with Crippen molar-refractivity contribution in [1.82, 2.24) is 0 Å². The van der Waals surface area contributed by atoms with E-state index in [4.69, 9.17) is 4.74 Å². The number of amidine groups is 1. The maximum Gasteiger partial charge on any atom is 0.195 e. The summed E-state index contributed by atoms with van der Waals surface area (Å²) in [5.74, 6) is -0.214. The van der Waals surface area contributed by atoms with Crippen molar-refractivity contribution in [2.24, 2.45) is 4.99 Å². The highest BCUT2D eigenvalue weighted by molar-refractivity contribution is 5.81. The molecule has 6 heteroatoms. The normalized spacial score (nSPS) is 23.5. The van der Waals surface area contributed by atoms with Crippen LogP contribution in [0.15, 0.2) is 4.99 Å². The van der Waals surface area contributed by atoms with E-state index in [0.717, 1.165) is 12.4 Å². The molecule has 0 radical (unpaired) electrons. The van der Waals surface area contributed by atoms with E-state index in [2.05, 4.69) is 4.99 Å². The van der Waals surface area contributed by atoms with E-state index in [-0.39, 0.29) is 12.4 Å². The van der Waals surface area contributed by atoms with Gasteiger partial charge < -0.3 is 14.6 Å². The first-order valence-corrected chi connectivity index (χ1v) is 5.61. The highest BCUT2D eigenvalue weighted by atomic mass is 16.5. The molecule has 1 aliphatic heterocycles. The van der Waals surface area contributed by atoms with Gasteiger partial charge in [-0.1, -0.05) is 0 Å². The number of hydrogen-bond donors (Lipinski definition) is 0. The smallest absolute Gasteiger partial charge is 0.195 e. The van der Waals surface area contributed by atoms with Crippen molar-refractivity contribution in [3.8, 4) is 0 Å². The zero-order chi connectivity index (χ0) is 12.9. The van der Waals surface area contributed by atoms with Crippen LogP contribution in [-0.4, -0.2) is 61.5 Å². The molecule has 96 valence electrons. The van der Waals surface area contributed by atoms with Gasteiger partial charge in [0.15, 0.2) is 11.6 Å². The molecule has 17 heavy (non-hydrogen) atoms. The molecule has 1 atom stereocenters. The van der Waals surface area contributed by atoms with Crippen LogP contribution in [-0.2, 0) is 14.3 Å². The molecule has 0 saturated heterocycles. The quantitative estimate of drug-likeness (QED) is 0.406. The van der Waals surface area contributed by atoms with Crippen LogP contribution in [0.25, 0.3) is 0 Å². The fourth-order valence-electron chi connectivity index (χ4n) is 2.08. The summed E-state index contributed by atoms with van der Waals surface area (Å²) in [5.41, 5.74) is 0. The van der Waals surface area contributed by atoms with Crippen LogP contribution in [0.5, 0.6) is 0 Å². The van der Waals surface area contributed by atoms with Crippen molar-refractivity contribution in [3.63, 3.8) is 0 Å². The fourth-order valence-corrected chi connectivity index (χ4v) is 2.08. The van der Waals surface area contributed by atoms with Crippen LogP contribution < -0.4 is 5.11 Å². The lowest BCUT2D eigenvalue weighted by Gasteiger charge is -2.32. The average Bonchev–Trinajstić information content (AvgIpc) is 2.55. The topological polar surface area (TPSA) is 78.8 Å². The van der Waals surface area contributed by atoms with Gasteiger partial charge >= 0.3 is 0 Å². The third-order valence-electron chi connectivity index (χ3n) is 2.96. The van der Waals surface area contributed by atoms with Crippen molar-refractivity contribution in [1.29, 1.82) is 0 Å². The van der Waals surface area contributed by atoms with Gasteiger partial charge in [-0.15, -0.1) is 0 Å². The van der Waals surface area contributed by atoms with Crippen molar-refractivity contribution in [2.75, 3.05) is 39.4 Å². The second-order valence-electron chi connectivity index (χ2n) is 4.31. The van der Waals surface area contributed by atoms with E-state index < -0.39 is 12.6 Å². The molecule has 0 aromatic carbocycles. The zero-order valence-electron chi connectivity index (χ0n) is 10.3. The number of rotatable bonds is 7. The minimum atomic E-state index is -1.23. The first kappa shape index (κ1) is 13.8. The Hall–Kier alpha value is -1.27. The summed E-state index contributed by atoms with van der Waals surface area (Å²) in [7, 11) is 0. The predicted molar refractivity (Wildman–Crippen MR) is 59.3 cm³/mol. The Kier molecular flexibility index (Phi) is 4.77. The number of quaternary nitrogens is 1. The molecule has 0 aromatic rings. The SMILES string of the molecule is CC(=O)C[N+]1(CCOCC(=O)[O-])CCN=C1C. The summed E-state index contributed by atoms with van der Waals surface area (Å²) in [6.07, 6.45) is 0. The van der Waals surface area contributed by atoms with Gasteiger partial charge in [-0.05, 0) is 0 Å². The largest absolute Gasteiger partial charge is 0.548 e. The van der Waals surface area contributed by atoms with Gasteiger partial charge in [0.25, 0.3) is 0 Å². The van der Waals surface area contributed by atoms with Crippen LogP contribution in [0.1, 0.15) is 13.8 Å². The molecule has 1 rings (SSSR count). The number of nitrogens with zero attached hydrogens (tertiary/aromatic N) is 2. The summed E-state index contributed by atoms with van der Waals surface area (Å²) in [4.78, 5) is 25.8. The van der Waals surface area contributed by atoms with E-state index in [9.17, 15) is 14.7 Å². The Morgan fingerprint density at radius 2 is 2.24 bits per heavy atom. The molecule has 1 unspecified atom stereocenters. The molecule has 0 spiro atoms. The van der Waals surface area contributed by atoms with Gasteiger partial charge in [0.2, 0.25) is 0 Å². The van der Waals surface area contributed by atoms with Crippen LogP contribution >= 0.6 is 0 Å². The Morgan fingerprint density at radius 1 is 1.53 bits per heavy atom. The minimum absolute atomic E-state index is 0.0985. The van der Waals surface area contributed by atoms with Crippen molar-refractivity contribution < 1.29 is 23.9 Å². The molecule has 6 nitrogen and oxygen atoms in total. The van der Waals surface area contributed by atoms with E-state index in [1.807, 2.05) is 6.92 Å². The highest BCUT2D eigenvalue weighted by Crippen LogP contribution is 2.15. The first-order valence-electron chi connectivity index (χ1n) is 5.61. The second kappa shape index (κ2) is 5.88. The molecule has 0 fully saturated rings. The van der Waals surface area contributed by atoms with E-state index >= 15 is 0 Å². The Bertz CT molecular complexity index is 340. The average molecular weight is 242 g/mol. The molecule has 0 aliphatic carbocycles. The summed E-state index contributed by atoms with van der Waals surface area (Å²) in [5, 5.41) is 10.2. The lowest BCUT2D eigenvalue weighted by molar-refractivity contribution is -0.827. The van der Waals surface area contributed by atoms with Crippen LogP contribution in [0, 0.1) is 0 Å². The van der Waals surface area contributed by atoms with Gasteiger partial charge in [-0.3, -0.25) is 9.28 Å². The van der Waals surface area contributed by atoms with E-state index in [0.29, 0.717) is 24.1 Å². The monoisotopic (exact) mass is 242 g/mol. The number of hydrogen-bond acceptors (Lipinski definition) is 5. The maximum atomic E-state index is 11.3. The molecule has 1 heterocycles. The lowest BCUT2D eigenvalue weighted by atomic mass is 10.3. The number of carboxylic acid groups (broad SMARTS) is 1. The van der Waals surface area contributed by atoms with E-state index in [1.54, 1.807) is 6.92 Å². The third kappa shape index (κ3) is 3.90. The molecule has 0 aromatic heterocycles. The number of ether oxygens (including phenoxy) is 1. The molecule has 0 N–H and O–H groups in total. The Labute approximate surface area is 100 Å². The number of Topliss-reactive ketones (excluding diaryl/α,β-unsaturated/α-hetero) is 1. The summed E-state index contributed by atoms with van der Waals surface area (Å²) < 4.78 is 5.46. The van der Waals surface area contributed by atoms with Gasteiger partial charge in [0.05, 0.1) is 25.7 Å². The number of carboxylic acids is 1. The minimum Gasteiger partial charge on any atom is -0.548 e. The highest BCUT2D eigenvalue weighted by Gasteiger charge is 2.36. The maximum absolute atomic E-state index is 11.3. The van der Waals surface area contributed by atoms with Gasteiger partial charge in [0.1, 0.15) is 19.6 Å². The number of carbonyl (C=O) groups is 2. The van der Waals surface area contributed by atoms with Crippen LogP contribution in [0.4, 0.5) is 0 Å². The molecule has 1 aliphatic rings. The fraction of sp³-hybridized carbons (Fsp3) is 0.727.